The van der Waals surface area contributed by atoms with Crippen LogP contribution < -0.4 is 34.5 Å². The Morgan fingerprint density at radius 3 is 2.34 bits per heavy atom. The molecule has 4 aromatic carbocycles. The van der Waals surface area contributed by atoms with Gasteiger partial charge in [0.1, 0.15) is 29.5 Å². The molecule has 0 amide bonds. The molecule has 1 aliphatic heterocycles. The van der Waals surface area contributed by atoms with E-state index < -0.39 is 5.82 Å². The number of ether oxygens (including phenoxy) is 5. The molecule has 64 heavy (non-hydrogen) atoms. The molecular formula is C47H54ClFN10O5. The van der Waals surface area contributed by atoms with Crippen molar-refractivity contribution in [1.82, 2.24) is 39.9 Å². The van der Waals surface area contributed by atoms with Crippen LogP contribution in [0.25, 0.3) is 33.2 Å². The van der Waals surface area contributed by atoms with Crippen LogP contribution >= 0.6 is 11.6 Å². The summed E-state index contributed by atoms with van der Waals surface area (Å²) in [6.07, 6.45) is 7.87. The Hall–Kier alpha value is -6.33. The maximum absolute atomic E-state index is 13.5. The van der Waals surface area contributed by atoms with Crippen molar-refractivity contribution in [1.29, 1.82) is 0 Å². The van der Waals surface area contributed by atoms with Crippen molar-refractivity contribution in [2.45, 2.75) is 26.3 Å². The number of nitrogens with one attached hydrogen (secondary N) is 2. The third kappa shape index (κ3) is 11.8. The minimum atomic E-state index is -0.475. The summed E-state index contributed by atoms with van der Waals surface area (Å²) in [6, 6.07) is 20.5. The van der Waals surface area contributed by atoms with Crippen molar-refractivity contribution in [3.8, 4) is 34.3 Å². The fourth-order valence-electron chi connectivity index (χ4n) is 7.12. The van der Waals surface area contributed by atoms with Gasteiger partial charge in [-0.3, -0.25) is 14.6 Å². The van der Waals surface area contributed by atoms with Crippen LogP contribution in [0.4, 0.5) is 27.3 Å². The monoisotopic (exact) mass is 892 g/mol. The Kier molecular flexibility index (Phi) is 15.6. The van der Waals surface area contributed by atoms with E-state index in [4.69, 9.17) is 40.3 Å². The number of anilines is 4. The van der Waals surface area contributed by atoms with Crippen LogP contribution in [0, 0.1) is 5.82 Å². The molecule has 15 nitrogen and oxygen atoms in total. The van der Waals surface area contributed by atoms with Crippen LogP contribution in [0.2, 0.25) is 5.02 Å². The summed E-state index contributed by atoms with van der Waals surface area (Å²) in [6.45, 7) is 10.9. The molecule has 1 fully saturated rings. The third-order valence-corrected chi connectivity index (χ3v) is 10.7. The van der Waals surface area contributed by atoms with E-state index in [1.807, 2.05) is 49.6 Å². The number of fused-ring (bicyclic) bond motifs is 2. The minimum absolute atomic E-state index is 0.0364. The first-order valence-electron chi connectivity index (χ1n) is 21.1. The predicted molar refractivity (Wildman–Crippen MR) is 250 cm³/mol. The van der Waals surface area contributed by atoms with Gasteiger partial charge >= 0.3 is 0 Å². The average molecular weight is 893 g/mol. The highest BCUT2D eigenvalue weighted by Crippen LogP contribution is 2.36. The Morgan fingerprint density at radius 2 is 1.64 bits per heavy atom. The topological polar surface area (TPSA) is 146 Å². The lowest BCUT2D eigenvalue weighted by Gasteiger charge is -2.27. The summed E-state index contributed by atoms with van der Waals surface area (Å²) in [5.41, 5.74) is 6.71. The van der Waals surface area contributed by atoms with Gasteiger partial charge in [-0.05, 0) is 48.9 Å². The van der Waals surface area contributed by atoms with Gasteiger partial charge < -0.3 is 39.2 Å². The zero-order chi connectivity index (χ0) is 45.0. The van der Waals surface area contributed by atoms with E-state index >= 15 is 0 Å². The minimum Gasteiger partial charge on any atom is -0.497 e. The lowest BCUT2D eigenvalue weighted by atomic mass is 10.2. The Balaban J connectivity index is 0.000000192. The molecule has 8 rings (SSSR count). The molecule has 0 bridgehead atoms. The Bertz CT molecular complexity index is 2620. The van der Waals surface area contributed by atoms with Gasteiger partial charge in [0.25, 0.3) is 0 Å². The summed E-state index contributed by atoms with van der Waals surface area (Å²) in [4.78, 5) is 22.7. The van der Waals surface area contributed by atoms with E-state index in [1.54, 1.807) is 44.5 Å². The summed E-state index contributed by atoms with van der Waals surface area (Å²) in [5.74, 6) is 2.79. The number of nitrogens with zero attached hydrogens (tertiary/aromatic N) is 8. The summed E-state index contributed by atoms with van der Waals surface area (Å²) in [5, 5.41) is 11.7. The molecule has 0 aliphatic carbocycles. The molecule has 7 aromatic rings. The van der Waals surface area contributed by atoms with Gasteiger partial charge in [0.05, 0.1) is 80.8 Å². The molecule has 3 aromatic heterocycles. The number of methoxy groups -OCH3 is 3. The number of rotatable bonds is 17. The van der Waals surface area contributed by atoms with E-state index in [9.17, 15) is 4.39 Å². The number of hydrogen-bond acceptors (Lipinski definition) is 14. The quantitative estimate of drug-likeness (QED) is 0.0843. The predicted octanol–water partition coefficient (Wildman–Crippen LogP) is 8.46. The van der Waals surface area contributed by atoms with Gasteiger partial charge in [-0.2, -0.15) is 5.10 Å². The molecule has 0 radical (unpaired) electrons. The van der Waals surface area contributed by atoms with Gasteiger partial charge in [0, 0.05) is 104 Å². The van der Waals surface area contributed by atoms with E-state index in [0.29, 0.717) is 41.2 Å². The molecule has 17 heteroatoms. The van der Waals surface area contributed by atoms with Crippen molar-refractivity contribution >= 4 is 56.4 Å². The first-order chi connectivity index (χ1) is 31.1. The Morgan fingerprint density at radius 1 is 0.844 bits per heavy atom. The molecule has 1 saturated heterocycles. The fourth-order valence-corrected chi connectivity index (χ4v) is 7.30. The highest BCUT2D eigenvalue weighted by atomic mass is 35.5. The first-order valence-corrected chi connectivity index (χ1v) is 21.5. The van der Waals surface area contributed by atoms with Crippen LogP contribution in [-0.4, -0.2) is 115 Å². The zero-order valence-corrected chi connectivity index (χ0v) is 37.7. The van der Waals surface area contributed by atoms with E-state index in [0.717, 1.165) is 103 Å². The number of morpholine rings is 1. The lowest BCUT2D eigenvalue weighted by Crippen LogP contribution is -2.37. The second kappa shape index (κ2) is 21.8. The van der Waals surface area contributed by atoms with Crippen LogP contribution in [0.5, 0.6) is 23.0 Å². The van der Waals surface area contributed by atoms with Gasteiger partial charge in [-0.1, -0.05) is 25.4 Å². The largest absolute Gasteiger partial charge is 0.497 e. The highest BCUT2D eigenvalue weighted by molar-refractivity contribution is 6.31. The number of halogens is 2. The molecule has 336 valence electrons. The Labute approximate surface area is 377 Å². The third-order valence-electron chi connectivity index (χ3n) is 10.5. The molecule has 0 unspecified atom stereocenters. The van der Waals surface area contributed by atoms with Crippen molar-refractivity contribution in [2.75, 3.05) is 84.1 Å². The van der Waals surface area contributed by atoms with Crippen molar-refractivity contribution in [3.63, 3.8) is 0 Å². The number of hydrogen-bond donors (Lipinski definition) is 2. The lowest BCUT2D eigenvalue weighted by molar-refractivity contribution is 0.0357. The summed E-state index contributed by atoms with van der Waals surface area (Å²) in [7, 11) is 6.81. The molecule has 4 heterocycles. The second-order valence-corrected chi connectivity index (χ2v) is 15.7. The standard InChI is InChI=1S/C25H30N6O2.C22H24ClFN4O3/c1-17(2)26-8-9-31(20-10-21(32-4)13-22(11-20)33-5)19-6-7-23-24(12-19)29-25(15-27-23)18-14-28-30(3)16-18;1-29-20-13-19-16(12-21(20)31-8-2-5-28-6-9-30-10-7-28)22(26-14-25-19)27-15-3-4-18(24)17(23)11-15/h6-7,10-17,26H,8-9H2,1-5H3;3-4,11-14H,2,5-10H2,1H3,(H,25,26,27). The smallest absolute Gasteiger partial charge is 0.162 e. The first kappa shape index (κ1) is 45.7. The average Bonchev–Trinajstić information content (AvgIpc) is 3.76. The van der Waals surface area contributed by atoms with Gasteiger partial charge in [0.15, 0.2) is 11.5 Å². The number of benzene rings is 4. The van der Waals surface area contributed by atoms with Crippen LogP contribution in [0.3, 0.4) is 0 Å². The van der Waals surface area contributed by atoms with E-state index in [-0.39, 0.29) is 5.02 Å². The second-order valence-electron chi connectivity index (χ2n) is 15.3. The van der Waals surface area contributed by atoms with Gasteiger partial charge in [-0.25, -0.2) is 19.3 Å². The van der Waals surface area contributed by atoms with Crippen LogP contribution in [-0.2, 0) is 11.8 Å². The van der Waals surface area contributed by atoms with E-state index in [1.165, 1.54) is 18.5 Å². The number of aryl methyl sites for hydroxylation is 1. The maximum atomic E-state index is 13.5. The van der Waals surface area contributed by atoms with Crippen molar-refractivity contribution in [2.24, 2.45) is 7.05 Å². The normalized spacial score (nSPS) is 12.8. The van der Waals surface area contributed by atoms with Crippen molar-refractivity contribution in [3.05, 3.63) is 102 Å². The molecular weight excluding hydrogens is 839 g/mol. The fraction of sp³-hybridized carbons (Fsp3) is 0.340. The molecule has 0 atom stereocenters. The van der Waals surface area contributed by atoms with Crippen molar-refractivity contribution < 1.29 is 28.1 Å². The molecule has 1 aliphatic rings. The zero-order valence-electron chi connectivity index (χ0n) is 37.0. The molecule has 2 N–H and O–H groups in total. The van der Waals surface area contributed by atoms with Crippen LogP contribution in [0.15, 0.2) is 91.6 Å². The maximum Gasteiger partial charge on any atom is 0.162 e. The van der Waals surface area contributed by atoms with Gasteiger partial charge in [-0.15, -0.1) is 0 Å². The van der Waals surface area contributed by atoms with Crippen LogP contribution in [0.1, 0.15) is 20.3 Å². The van der Waals surface area contributed by atoms with E-state index in [2.05, 4.69) is 66.5 Å². The van der Waals surface area contributed by atoms with Gasteiger partial charge in [0.2, 0.25) is 0 Å². The number of aromatic nitrogens is 6. The highest BCUT2D eigenvalue weighted by Gasteiger charge is 2.17. The molecule has 0 spiro atoms. The summed E-state index contributed by atoms with van der Waals surface area (Å²) >= 11 is 5.90. The molecule has 0 saturated carbocycles. The SMILES string of the molecule is COc1cc(OC)cc(N(CCNC(C)C)c2ccc3ncc(-c4cnn(C)c4)nc3c2)c1.COc1cc2ncnc(Nc3ccc(F)c(Cl)c3)c2cc1OCCCN1CCOCC1. The summed E-state index contributed by atoms with van der Waals surface area (Å²) < 4.78 is 43.2.